The number of aromatic nitrogens is 4. The van der Waals surface area contributed by atoms with Crippen molar-refractivity contribution >= 4 is 0 Å². The predicted molar refractivity (Wildman–Crippen MR) is 91.2 cm³/mol. The summed E-state index contributed by atoms with van der Waals surface area (Å²) in [5, 5.41) is 4.43. The minimum Gasteiger partial charge on any atom is -0.294 e. The third kappa shape index (κ3) is 3.61. The molecule has 5 heteroatoms. The van der Waals surface area contributed by atoms with Gasteiger partial charge in [0.25, 0.3) is 0 Å². The summed E-state index contributed by atoms with van der Waals surface area (Å²) in [4.78, 5) is 11.8. The summed E-state index contributed by atoms with van der Waals surface area (Å²) in [6.45, 7) is 13.7. The quantitative estimate of drug-likeness (QED) is 0.873. The summed E-state index contributed by atoms with van der Waals surface area (Å²) < 4.78 is 2.02. The van der Waals surface area contributed by atoms with Crippen molar-refractivity contribution < 1.29 is 0 Å². The van der Waals surface area contributed by atoms with Crippen molar-refractivity contribution in [3.63, 3.8) is 0 Å². The van der Waals surface area contributed by atoms with Crippen molar-refractivity contribution in [3.05, 3.63) is 41.2 Å². The standard InChI is InChI=1S/C18H27N5/c1-13(2)23-11-14(8-20-23)10-22-7-6-16-15(12-22)9-19-17(21-16)18(3,4)5/h8-9,11,13H,6-7,10,12H2,1-5H3. The maximum absolute atomic E-state index is 4.80. The molecule has 0 N–H and O–H groups in total. The Hall–Kier alpha value is -1.75. The van der Waals surface area contributed by atoms with Crippen LogP contribution in [0.2, 0.25) is 0 Å². The zero-order valence-electron chi connectivity index (χ0n) is 14.9. The number of fused-ring (bicyclic) bond motifs is 1. The molecule has 0 amide bonds. The first kappa shape index (κ1) is 16.1. The smallest absolute Gasteiger partial charge is 0.133 e. The molecule has 3 rings (SSSR count). The molecule has 0 bridgehead atoms. The van der Waals surface area contributed by atoms with Gasteiger partial charge >= 0.3 is 0 Å². The second kappa shape index (κ2) is 6.04. The second-order valence-corrected chi connectivity index (χ2v) is 7.80. The Morgan fingerprint density at radius 3 is 2.65 bits per heavy atom. The maximum atomic E-state index is 4.80. The van der Waals surface area contributed by atoms with Crippen LogP contribution in [0.3, 0.4) is 0 Å². The van der Waals surface area contributed by atoms with Crippen molar-refractivity contribution in [1.29, 1.82) is 0 Å². The highest BCUT2D eigenvalue weighted by atomic mass is 15.3. The topological polar surface area (TPSA) is 46.8 Å². The monoisotopic (exact) mass is 313 g/mol. The molecule has 0 atom stereocenters. The van der Waals surface area contributed by atoms with E-state index in [0.717, 1.165) is 31.9 Å². The SMILES string of the molecule is CC(C)n1cc(CN2CCc3nc(C(C)(C)C)ncc3C2)cn1. The Morgan fingerprint density at radius 2 is 2.00 bits per heavy atom. The van der Waals surface area contributed by atoms with Crippen LogP contribution in [0, 0.1) is 0 Å². The number of hydrogen-bond donors (Lipinski definition) is 0. The van der Waals surface area contributed by atoms with Gasteiger partial charge in [0.15, 0.2) is 0 Å². The molecule has 0 saturated carbocycles. The van der Waals surface area contributed by atoms with E-state index in [1.165, 1.54) is 16.8 Å². The molecule has 2 aromatic heterocycles. The van der Waals surface area contributed by atoms with E-state index >= 15 is 0 Å². The summed E-state index contributed by atoms with van der Waals surface area (Å²) in [5.74, 6) is 0.947. The van der Waals surface area contributed by atoms with E-state index in [2.05, 4.69) is 55.8 Å². The first-order valence-electron chi connectivity index (χ1n) is 8.43. The fourth-order valence-electron chi connectivity index (χ4n) is 2.87. The van der Waals surface area contributed by atoms with Gasteiger partial charge in [-0.25, -0.2) is 9.97 Å². The molecular formula is C18H27N5. The van der Waals surface area contributed by atoms with Crippen LogP contribution >= 0.6 is 0 Å². The van der Waals surface area contributed by atoms with Gasteiger partial charge in [-0.2, -0.15) is 5.10 Å². The zero-order valence-corrected chi connectivity index (χ0v) is 14.9. The fourth-order valence-corrected chi connectivity index (χ4v) is 2.87. The number of rotatable bonds is 3. The van der Waals surface area contributed by atoms with Crippen LogP contribution in [-0.2, 0) is 24.9 Å². The zero-order chi connectivity index (χ0) is 16.6. The molecule has 0 radical (unpaired) electrons. The van der Waals surface area contributed by atoms with Crippen LogP contribution < -0.4 is 0 Å². The molecular weight excluding hydrogens is 286 g/mol. The minimum atomic E-state index is 0.0115. The van der Waals surface area contributed by atoms with Gasteiger partial charge in [0.1, 0.15) is 5.82 Å². The van der Waals surface area contributed by atoms with Crippen molar-refractivity contribution in [3.8, 4) is 0 Å². The van der Waals surface area contributed by atoms with Crippen LogP contribution in [0.1, 0.15) is 63.3 Å². The molecule has 23 heavy (non-hydrogen) atoms. The average molecular weight is 313 g/mol. The molecule has 5 nitrogen and oxygen atoms in total. The van der Waals surface area contributed by atoms with Gasteiger partial charge in [0.2, 0.25) is 0 Å². The number of nitrogens with zero attached hydrogens (tertiary/aromatic N) is 5. The van der Waals surface area contributed by atoms with Crippen molar-refractivity contribution in [2.75, 3.05) is 6.54 Å². The lowest BCUT2D eigenvalue weighted by Gasteiger charge is -2.28. The Morgan fingerprint density at radius 1 is 1.22 bits per heavy atom. The predicted octanol–water partition coefficient (Wildman–Crippen LogP) is 3.11. The molecule has 124 valence electrons. The molecule has 0 fully saturated rings. The van der Waals surface area contributed by atoms with E-state index < -0.39 is 0 Å². The van der Waals surface area contributed by atoms with Crippen molar-refractivity contribution in [2.24, 2.45) is 0 Å². The third-order valence-corrected chi connectivity index (χ3v) is 4.27. The molecule has 1 aliphatic rings. The van der Waals surface area contributed by atoms with Crippen LogP contribution in [0.5, 0.6) is 0 Å². The first-order valence-corrected chi connectivity index (χ1v) is 8.43. The van der Waals surface area contributed by atoms with Gasteiger partial charge in [-0.3, -0.25) is 9.58 Å². The second-order valence-electron chi connectivity index (χ2n) is 7.80. The summed E-state index contributed by atoms with van der Waals surface area (Å²) in [6.07, 6.45) is 7.15. The van der Waals surface area contributed by atoms with E-state index in [1.54, 1.807) is 0 Å². The lowest BCUT2D eigenvalue weighted by molar-refractivity contribution is 0.242. The molecule has 0 saturated heterocycles. The van der Waals surface area contributed by atoms with Crippen LogP contribution in [0.4, 0.5) is 0 Å². The Balaban J connectivity index is 1.70. The molecule has 2 aromatic rings. The summed E-state index contributed by atoms with van der Waals surface area (Å²) in [5.41, 5.74) is 3.77. The minimum absolute atomic E-state index is 0.0115. The largest absolute Gasteiger partial charge is 0.294 e. The van der Waals surface area contributed by atoms with E-state index in [4.69, 9.17) is 4.98 Å². The Kier molecular flexibility index (Phi) is 4.23. The summed E-state index contributed by atoms with van der Waals surface area (Å²) >= 11 is 0. The van der Waals surface area contributed by atoms with Gasteiger partial charge in [-0.05, 0) is 13.8 Å². The van der Waals surface area contributed by atoms with Crippen LogP contribution in [0.25, 0.3) is 0 Å². The third-order valence-electron chi connectivity index (χ3n) is 4.27. The van der Waals surface area contributed by atoms with Gasteiger partial charge in [-0.15, -0.1) is 0 Å². The summed E-state index contributed by atoms with van der Waals surface area (Å²) in [6, 6.07) is 0.412. The Bertz CT molecular complexity index is 681. The molecule has 0 aliphatic carbocycles. The highest BCUT2D eigenvalue weighted by Crippen LogP contribution is 2.23. The highest BCUT2D eigenvalue weighted by Gasteiger charge is 2.23. The highest BCUT2D eigenvalue weighted by molar-refractivity contribution is 5.22. The van der Waals surface area contributed by atoms with Gasteiger partial charge in [0, 0.05) is 66.7 Å². The van der Waals surface area contributed by atoms with E-state index in [0.29, 0.717) is 6.04 Å². The maximum Gasteiger partial charge on any atom is 0.133 e. The lowest BCUT2D eigenvalue weighted by atomic mass is 9.95. The van der Waals surface area contributed by atoms with Crippen molar-refractivity contribution in [1.82, 2.24) is 24.6 Å². The molecule has 0 unspecified atom stereocenters. The molecule has 3 heterocycles. The average Bonchev–Trinajstić information content (AvgIpc) is 2.94. The molecule has 0 spiro atoms. The summed E-state index contributed by atoms with van der Waals surface area (Å²) in [7, 11) is 0. The molecule has 0 aromatic carbocycles. The van der Waals surface area contributed by atoms with Gasteiger partial charge in [0.05, 0.1) is 6.20 Å². The van der Waals surface area contributed by atoms with Crippen LogP contribution in [-0.4, -0.2) is 31.2 Å². The van der Waals surface area contributed by atoms with E-state index in [9.17, 15) is 0 Å². The fraction of sp³-hybridized carbons (Fsp3) is 0.611. The van der Waals surface area contributed by atoms with Crippen LogP contribution in [0.15, 0.2) is 18.6 Å². The van der Waals surface area contributed by atoms with E-state index in [1.807, 2.05) is 17.1 Å². The van der Waals surface area contributed by atoms with Gasteiger partial charge in [-0.1, -0.05) is 20.8 Å². The van der Waals surface area contributed by atoms with E-state index in [-0.39, 0.29) is 5.41 Å². The first-order chi connectivity index (χ1) is 10.8. The van der Waals surface area contributed by atoms with Crippen molar-refractivity contribution in [2.45, 2.75) is 65.6 Å². The number of hydrogen-bond acceptors (Lipinski definition) is 4. The normalized spacial score (nSPS) is 15.9. The Labute approximate surface area is 138 Å². The molecule has 1 aliphatic heterocycles. The lowest BCUT2D eigenvalue weighted by Crippen LogP contribution is -2.31. The van der Waals surface area contributed by atoms with Gasteiger partial charge < -0.3 is 0 Å².